The van der Waals surface area contributed by atoms with Crippen molar-refractivity contribution in [1.82, 2.24) is 4.90 Å². The van der Waals surface area contributed by atoms with Crippen molar-refractivity contribution in [2.24, 2.45) is 0 Å². The van der Waals surface area contributed by atoms with Gasteiger partial charge in [0.05, 0.1) is 10.0 Å². The van der Waals surface area contributed by atoms with Crippen molar-refractivity contribution in [2.75, 3.05) is 13.1 Å². The summed E-state index contributed by atoms with van der Waals surface area (Å²) in [5.41, 5.74) is 1.21. The summed E-state index contributed by atoms with van der Waals surface area (Å²) < 4.78 is 0. The molecule has 138 valence electrons. The van der Waals surface area contributed by atoms with Crippen LogP contribution in [-0.4, -0.2) is 36.9 Å². The summed E-state index contributed by atoms with van der Waals surface area (Å²) in [7, 11) is 1.89. The minimum atomic E-state index is -0.664. The Morgan fingerprint density at radius 1 is 1.32 bits per heavy atom. The van der Waals surface area contributed by atoms with Crippen molar-refractivity contribution in [3.8, 4) is 0 Å². The van der Waals surface area contributed by atoms with Crippen molar-refractivity contribution in [2.45, 2.75) is 63.2 Å². The van der Waals surface area contributed by atoms with Gasteiger partial charge in [-0.3, -0.25) is 9.69 Å². The van der Waals surface area contributed by atoms with E-state index >= 15 is 0 Å². The molecule has 2 atom stereocenters. The van der Waals surface area contributed by atoms with Crippen molar-refractivity contribution in [1.29, 1.82) is 0 Å². The lowest BCUT2D eigenvalue weighted by molar-refractivity contribution is -0.141. The highest BCUT2D eigenvalue weighted by Crippen LogP contribution is 2.38. The molecular formula is C19H28BCl2NO2. The number of carbonyl (C=O) groups is 1. The van der Waals surface area contributed by atoms with Crippen LogP contribution < -0.4 is 0 Å². The summed E-state index contributed by atoms with van der Waals surface area (Å²) in [4.78, 5) is 14.1. The monoisotopic (exact) mass is 383 g/mol. The average Bonchev–Trinajstić information content (AvgIpc) is 3.04. The predicted octanol–water partition coefficient (Wildman–Crippen LogP) is 4.98. The molecule has 0 aromatic heterocycles. The SMILES string of the molecule is BC(CCCC)(CCCN1CCCC1c1ccc(Cl)c(Cl)c1)C(=O)O. The molecule has 1 aliphatic rings. The molecule has 0 bridgehead atoms. The van der Waals surface area contributed by atoms with Gasteiger partial charge in [-0.1, -0.05) is 49.0 Å². The van der Waals surface area contributed by atoms with Crippen LogP contribution in [0.4, 0.5) is 0 Å². The van der Waals surface area contributed by atoms with Crippen molar-refractivity contribution < 1.29 is 9.90 Å². The van der Waals surface area contributed by atoms with E-state index in [0.717, 1.165) is 58.0 Å². The zero-order chi connectivity index (χ0) is 18.4. The van der Waals surface area contributed by atoms with Crippen LogP contribution >= 0.6 is 23.2 Å². The molecule has 25 heavy (non-hydrogen) atoms. The number of carboxylic acids is 1. The Kier molecular flexibility index (Phi) is 7.66. The molecule has 1 N–H and O–H groups in total. The molecule has 2 unspecified atom stereocenters. The van der Waals surface area contributed by atoms with E-state index < -0.39 is 11.3 Å². The van der Waals surface area contributed by atoms with Crippen molar-refractivity contribution >= 4 is 37.0 Å². The molecular weight excluding hydrogens is 356 g/mol. The summed E-state index contributed by atoms with van der Waals surface area (Å²) in [6.07, 6.45) is 6.68. The second-order valence-corrected chi connectivity index (χ2v) is 8.25. The summed E-state index contributed by atoms with van der Waals surface area (Å²) in [6.45, 7) is 4.10. The maximum absolute atomic E-state index is 11.7. The lowest BCUT2D eigenvalue weighted by atomic mass is 9.63. The van der Waals surface area contributed by atoms with Crippen LogP contribution in [-0.2, 0) is 4.79 Å². The maximum Gasteiger partial charge on any atom is 0.301 e. The van der Waals surface area contributed by atoms with Crippen LogP contribution in [0.15, 0.2) is 18.2 Å². The van der Waals surface area contributed by atoms with Gasteiger partial charge in [0.1, 0.15) is 7.85 Å². The minimum absolute atomic E-state index is 0.362. The minimum Gasteiger partial charge on any atom is -0.481 e. The van der Waals surface area contributed by atoms with E-state index in [9.17, 15) is 9.90 Å². The number of carboxylic acid groups (broad SMARTS) is 1. The molecule has 3 nitrogen and oxygen atoms in total. The lowest BCUT2D eigenvalue weighted by Gasteiger charge is -2.28. The molecule has 1 aromatic carbocycles. The van der Waals surface area contributed by atoms with E-state index in [4.69, 9.17) is 23.2 Å². The fraction of sp³-hybridized carbons (Fsp3) is 0.632. The number of nitrogens with zero attached hydrogens (tertiary/aromatic N) is 1. The van der Waals surface area contributed by atoms with Gasteiger partial charge in [0.25, 0.3) is 0 Å². The second kappa shape index (κ2) is 9.29. The number of rotatable bonds is 9. The quantitative estimate of drug-likeness (QED) is 0.611. The van der Waals surface area contributed by atoms with Gasteiger partial charge in [0.2, 0.25) is 0 Å². The Morgan fingerprint density at radius 3 is 2.68 bits per heavy atom. The number of hydrogen-bond donors (Lipinski definition) is 1. The van der Waals surface area contributed by atoms with Gasteiger partial charge in [-0.15, -0.1) is 0 Å². The van der Waals surface area contributed by atoms with Crippen LogP contribution in [0.2, 0.25) is 15.4 Å². The zero-order valence-electron chi connectivity index (χ0n) is 15.2. The molecule has 0 aliphatic carbocycles. The van der Waals surface area contributed by atoms with Gasteiger partial charge in [0, 0.05) is 11.4 Å². The number of aliphatic carboxylic acids is 1. The number of unbranched alkanes of at least 4 members (excludes halogenated alkanes) is 1. The molecule has 0 amide bonds. The highest BCUT2D eigenvalue weighted by Gasteiger charge is 2.33. The Morgan fingerprint density at radius 2 is 2.04 bits per heavy atom. The Hall–Kier alpha value is -0.705. The first-order valence-corrected chi connectivity index (χ1v) is 10.1. The van der Waals surface area contributed by atoms with E-state index in [0.29, 0.717) is 16.1 Å². The third-order valence-electron chi connectivity index (χ3n) is 5.46. The van der Waals surface area contributed by atoms with Gasteiger partial charge in [0.15, 0.2) is 0 Å². The van der Waals surface area contributed by atoms with Crippen LogP contribution in [0.1, 0.15) is 63.5 Å². The standard InChI is InChI=1S/C19H28BCl2NO2/c1-2-3-9-19(20,18(24)25)10-5-12-23-11-4-6-17(23)14-7-8-15(21)16(22)13-14/h7-8,13,17H,2-6,9-12,20H2,1H3,(H,24,25). The number of hydrogen-bond acceptors (Lipinski definition) is 2. The van der Waals surface area contributed by atoms with Crippen molar-refractivity contribution in [3.63, 3.8) is 0 Å². The van der Waals surface area contributed by atoms with E-state index in [2.05, 4.69) is 17.9 Å². The molecule has 1 heterocycles. The van der Waals surface area contributed by atoms with Crippen LogP contribution in [0, 0.1) is 0 Å². The molecule has 0 saturated carbocycles. The summed E-state index contributed by atoms with van der Waals surface area (Å²) >= 11 is 12.2. The summed E-state index contributed by atoms with van der Waals surface area (Å²) in [6, 6.07) is 6.25. The molecule has 1 aliphatic heterocycles. The highest BCUT2D eigenvalue weighted by molar-refractivity contribution is 6.42. The number of halogens is 2. The van der Waals surface area contributed by atoms with Gasteiger partial charge < -0.3 is 5.11 Å². The number of likely N-dealkylation sites (tertiary alicyclic amines) is 1. The fourth-order valence-electron chi connectivity index (χ4n) is 3.77. The second-order valence-electron chi connectivity index (χ2n) is 7.44. The first kappa shape index (κ1) is 20.6. The molecule has 2 rings (SSSR count). The molecule has 1 saturated heterocycles. The third-order valence-corrected chi connectivity index (χ3v) is 6.20. The lowest BCUT2D eigenvalue weighted by Crippen LogP contribution is -2.28. The topological polar surface area (TPSA) is 40.5 Å². The van der Waals surface area contributed by atoms with Crippen molar-refractivity contribution in [3.05, 3.63) is 33.8 Å². The Bertz CT molecular complexity index is 599. The van der Waals surface area contributed by atoms with Crippen LogP contribution in [0.3, 0.4) is 0 Å². The Balaban J connectivity index is 1.94. The molecule has 0 spiro atoms. The predicted molar refractivity (Wildman–Crippen MR) is 108 cm³/mol. The first-order valence-electron chi connectivity index (χ1n) is 9.30. The van der Waals surface area contributed by atoms with E-state index in [1.54, 1.807) is 0 Å². The van der Waals surface area contributed by atoms with E-state index in [-0.39, 0.29) is 0 Å². The van der Waals surface area contributed by atoms with Gasteiger partial charge >= 0.3 is 5.97 Å². The first-order chi connectivity index (χ1) is 11.9. The molecule has 1 fully saturated rings. The maximum atomic E-state index is 11.7. The third kappa shape index (κ3) is 5.38. The highest BCUT2D eigenvalue weighted by atomic mass is 35.5. The summed E-state index contributed by atoms with van der Waals surface area (Å²) in [5.74, 6) is -0.664. The van der Waals surface area contributed by atoms with E-state index in [1.165, 1.54) is 5.56 Å². The largest absolute Gasteiger partial charge is 0.481 e. The van der Waals surface area contributed by atoms with Gasteiger partial charge in [-0.2, -0.15) is 0 Å². The number of benzene rings is 1. The Labute approximate surface area is 162 Å². The van der Waals surface area contributed by atoms with Crippen LogP contribution in [0.25, 0.3) is 0 Å². The zero-order valence-corrected chi connectivity index (χ0v) is 16.7. The van der Waals surface area contributed by atoms with E-state index in [1.807, 2.05) is 20.0 Å². The summed E-state index contributed by atoms with van der Waals surface area (Å²) in [5, 5.41) is 10.2. The fourth-order valence-corrected chi connectivity index (χ4v) is 4.08. The smallest absolute Gasteiger partial charge is 0.301 e. The molecule has 0 radical (unpaired) electrons. The van der Waals surface area contributed by atoms with Gasteiger partial charge in [-0.25, -0.2) is 0 Å². The average molecular weight is 384 g/mol. The molecule has 6 heteroatoms. The van der Waals surface area contributed by atoms with Crippen LogP contribution in [0.5, 0.6) is 0 Å². The van der Waals surface area contributed by atoms with Gasteiger partial charge in [-0.05, 0) is 62.9 Å². The normalized spacial score (nSPS) is 20.5. The molecule has 1 aromatic rings.